The Kier molecular flexibility index (Phi) is 7.84. The van der Waals surface area contributed by atoms with Gasteiger partial charge < -0.3 is 20.9 Å². The number of benzene rings is 2. The largest absolute Gasteiger partial charge is 0.461 e. The number of carbonyl (C=O) groups excluding carboxylic acids is 2. The van der Waals surface area contributed by atoms with Crippen LogP contribution in [0.2, 0.25) is 0 Å². The van der Waals surface area contributed by atoms with Crippen LogP contribution in [-0.2, 0) is 31.4 Å². The molecule has 2 aromatic rings. The molecule has 0 bridgehead atoms. The third-order valence-corrected chi connectivity index (χ3v) is 6.29. The maximum atomic E-state index is 12.5. The maximum absolute atomic E-state index is 12.5. The Morgan fingerprint density at radius 1 is 1.16 bits per heavy atom. The fourth-order valence-electron chi connectivity index (χ4n) is 4.25. The van der Waals surface area contributed by atoms with Gasteiger partial charge in [0, 0.05) is 30.3 Å². The van der Waals surface area contributed by atoms with Gasteiger partial charge in [0.15, 0.2) is 5.72 Å². The molecule has 0 spiro atoms. The van der Waals surface area contributed by atoms with E-state index in [9.17, 15) is 9.59 Å². The first-order valence-electron chi connectivity index (χ1n) is 10.8. The second kappa shape index (κ2) is 10.6. The summed E-state index contributed by atoms with van der Waals surface area (Å²) in [6, 6.07) is 16.7. The monoisotopic (exact) mass is 440 g/mol. The van der Waals surface area contributed by atoms with Crippen molar-refractivity contribution in [2.45, 2.75) is 38.3 Å². The number of ether oxygens (including phenoxy) is 2. The number of nitrogens with zero attached hydrogens (tertiary/aromatic N) is 1. The van der Waals surface area contributed by atoms with E-state index in [0.717, 1.165) is 5.56 Å². The van der Waals surface area contributed by atoms with Gasteiger partial charge in [-0.05, 0) is 31.4 Å². The molecule has 0 radical (unpaired) electrons. The summed E-state index contributed by atoms with van der Waals surface area (Å²) in [6.45, 7) is 3.58. The standard InChI is InChI=1S/C24H32N4O4/c1-17(23(30)31-15-18-7-3-2-4-8-18)22(26)28-13-11-19(12-14-28)24(27,32-16-29)20-9-5-6-10-21(20)25/h2-10,16-17,19,22H,11-15,25-27H2,1H3. The van der Waals surface area contributed by atoms with Gasteiger partial charge in [0.25, 0.3) is 6.47 Å². The fraction of sp³-hybridized carbons (Fsp3) is 0.417. The maximum Gasteiger partial charge on any atom is 0.311 e. The summed E-state index contributed by atoms with van der Waals surface area (Å²) < 4.78 is 10.8. The van der Waals surface area contributed by atoms with Gasteiger partial charge in [-0.3, -0.25) is 20.2 Å². The molecule has 172 valence electrons. The molecular weight excluding hydrogens is 408 g/mol. The molecule has 0 amide bonds. The SMILES string of the molecule is CC(C(=O)OCc1ccccc1)C(N)N1CCC(C(N)(OC=O)c2ccccc2N)CC1. The number of nitrogen functional groups attached to an aromatic ring is 1. The quantitative estimate of drug-likeness (QED) is 0.233. The molecule has 1 aliphatic heterocycles. The fourth-order valence-corrected chi connectivity index (χ4v) is 4.25. The van der Waals surface area contributed by atoms with Gasteiger partial charge in [0.1, 0.15) is 6.61 Å². The molecule has 0 saturated carbocycles. The summed E-state index contributed by atoms with van der Waals surface area (Å²) in [6.07, 6.45) is 0.788. The van der Waals surface area contributed by atoms with E-state index in [2.05, 4.69) is 0 Å². The number of hydrogen-bond donors (Lipinski definition) is 3. The van der Waals surface area contributed by atoms with E-state index in [-0.39, 0.29) is 18.5 Å². The molecule has 3 rings (SSSR count). The number of esters is 1. The number of likely N-dealkylation sites (tertiary alicyclic amines) is 1. The van der Waals surface area contributed by atoms with Gasteiger partial charge in [0.2, 0.25) is 0 Å². The van der Waals surface area contributed by atoms with Crippen molar-refractivity contribution >= 4 is 18.1 Å². The van der Waals surface area contributed by atoms with E-state index in [1.54, 1.807) is 25.1 Å². The summed E-state index contributed by atoms with van der Waals surface area (Å²) in [4.78, 5) is 25.8. The third-order valence-electron chi connectivity index (χ3n) is 6.29. The molecule has 1 fully saturated rings. The molecule has 3 atom stereocenters. The lowest BCUT2D eigenvalue weighted by molar-refractivity contribution is -0.157. The Balaban J connectivity index is 1.59. The molecule has 1 aliphatic rings. The normalized spacial score (nSPS) is 18.8. The average Bonchev–Trinajstić information content (AvgIpc) is 2.82. The number of carbonyl (C=O) groups is 2. The second-order valence-electron chi connectivity index (χ2n) is 8.28. The minimum Gasteiger partial charge on any atom is -0.461 e. The van der Waals surface area contributed by atoms with Gasteiger partial charge in [0.05, 0.1) is 12.1 Å². The van der Waals surface area contributed by atoms with Crippen LogP contribution >= 0.6 is 0 Å². The predicted octanol–water partition coefficient (Wildman–Crippen LogP) is 1.93. The van der Waals surface area contributed by atoms with Crippen LogP contribution in [-0.4, -0.2) is 36.6 Å². The van der Waals surface area contributed by atoms with Crippen molar-refractivity contribution in [2.24, 2.45) is 23.3 Å². The highest BCUT2D eigenvalue weighted by Gasteiger charge is 2.43. The summed E-state index contributed by atoms with van der Waals surface area (Å²) >= 11 is 0. The van der Waals surface area contributed by atoms with Crippen LogP contribution in [0.1, 0.15) is 30.9 Å². The zero-order valence-corrected chi connectivity index (χ0v) is 18.4. The Hall–Kier alpha value is -2.94. The van der Waals surface area contributed by atoms with Crippen molar-refractivity contribution in [3.8, 4) is 0 Å². The molecule has 3 unspecified atom stereocenters. The zero-order chi connectivity index (χ0) is 23.1. The number of nitrogens with two attached hydrogens (primary N) is 3. The van der Waals surface area contributed by atoms with Crippen LogP contribution in [0.5, 0.6) is 0 Å². The van der Waals surface area contributed by atoms with Crippen LogP contribution < -0.4 is 17.2 Å². The van der Waals surface area contributed by atoms with Gasteiger partial charge in [-0.2, -0.15) is 0 Å². The first kappa shape index (κ1) is 23.7. The van der Waals surface area contributed by atoms with E-state index in [4.69, 9.17) is 26.7 Å². The Bertz CT molecular complexity index is 902. The topological polar surface area (TPSA) is 134 Å². The average molecular weight is 441 g/mol. The van der Waals surface area contributed by atoms with Gasteiger partial charge in [-0.25, -0.2) is 0 Å². The molecule has 6 N–H and O–H groups in total. The molecule has 0 aliphatic carbocycles. The molecular formula is C24H32N4O4. The smallest absolute Gasteiger partial charge is 0.311 e. The van der Waals surface area contributed by atoms with Crippen LogP contribution in [0.25, 0.3) is 0 Å². The number of rotatable bonds is 9. The number of para-hydroxylation sites is 1. The summed E-state index contributed by atoms with van der Waals surface area (Å²) in [5.74, 6) is -0.965. The molecule has 2 aromatic carbocycles. The highest BCUT2D eigenvalue weighted by Crippen LogP contribution is 2.38. The van der Waals surface area contributed by atoms with E-state index in [1.807, 2.05) is 41.3 Å². The molecule has 1 heterocycles. The molecule has 32 heavy (non-hydrogen) atoms. The van der Waals surface area contributed by atoms with Gasteiger partial charge in [-0.1, -0.05) is 48.5 Å². The van der Waals surface area contributed by atoms with Crippen molar-refractivity contribution < 1.29 is 19.1 Å². The first-order valence-corrected chi connectivity index (χ1v) is 10.8. The van der Waals surface area contributed by atoms with Gasteiger partial charge >= 0.3 is 5.97 Å². The van der Waals surface area contributed by atoms with E-state index in [0.29, 0.717) is 43.7 Å². The predicted molar refractivity (Wildman–Crippen MR) is 122 cm³/mol. The van der Waals surface area contributed by atoms with Gasteiger partial charge in [-0.15, -0.1) is 0 Å². The van der Waals surface area contributed by atoms with Crippen molar-refractivity contribution in [2.75, 3.05) is 18.8 Å². The van der Waals surface area contributed by atoms with E-state index >= 15 is 0 Å². The second-order valence-corrected chi connectivity index (χ2v) is 8.28. The van der Waals surface area contributed by atoms with Crippen molar-refractivity contribution in [3.63, 3.8) is 0 Å². The summed E-state index contributed by atoms with van der Waals surface area (Å²) in [7, 11) is 0. The Labute approximate surface area is 188 Å². The highest BCUT2D eigenvalue weighted by atomic mass is 16.6. The van der Waals surface area contributed by atoms with E-state index < -0.39 is 17.8 Å². The lowest BCUT2D eigenvalue weighted by Gasteiger charge is -2.43. The highest BCUT2D eigenvalue weighted by molar-refractivity contribution is 5.72. The zero-order valence-electron chi connectivity index (χ0n) is 18.4. The van der Waals surface area contributed by atoms with Crippen LogP contribution in [0.4, 0.5) is 5.69 Å². The molecule has 0 aromatic heterocycles. The van der Waals surface area contributed by atoms with Crippen LogP contribution in [0.3, 0.4) is 0 Å². The minimum atomic E-state index is -1.32. The third kappa shape index (κ3) is 5.27. The molecule has 1 saturated heterocycles. The number of piperidine rings is 1. The van der Waals surface area contributed by atoms with Crippen molar-refractivity contribution in [1.29, 1.82) is 0 Å². The number of anilines is 1. The summed E-state index contributed by atoms with van der Waals surface area (Å²) in [5.41, 5.74) is 19.8. The van der Waals surface area contributed by atoms with Crippen molar-refractivity contribution in [3.05, 3.63) is 65.7 Å². The van der Waals surface area contributed by atoms with Crippen LogP contribution in [0.15, 0.2) is 54.6 Å². The lowest BCUT2D eigenvalue weighted by atomic mass is 9.81. The lowest BCUT2D eigenvalue weighted by Crippen LogP contribution is -2.56. The van der Waals surface area contributed by atoms with Crippen LogP contribution in [0, 0.1) is 11.8 Å². The molecule has 8 nitrogen and oxygen atoms in total. The Morgan fingerprint density at radius 3 is 2.41 bits per heavy atom. The first-order chi connectivity index (χ1) is 15.4. The number of hydrogen-bond acceptors (Lipinski definition) is 8. The molecule has 8 heteroatoms. The Morgan fingerprint density at radius 2 is 1.78 bits per heavy atom. The minimum absolute atomic E-state index is 0.138. The van der Waals surface area contributed by atoms with Crippen molar-refractivity contribution in [1.82, 2.24) is 4.90 Å². The van der Waals surface area contributed by atoms with E-state index in [1.165, 1.54) is 0 Å². The summed E-state index contributed by atoms with van der Waals surface area (Å²) in [5, 5.41) is 0.